The van der Waals surface area contributed by atoms with Gasteiger partial charge in [0.25, 0.3) is 0 Å². The van der Waals surface area contributed by atoms with Crippen LogP contribution >= 0.6 is 0 Å². The van der Waals surface area contributed by atoms with Crippen LogP contribution in [0.5, 0.6) is 5.88 Å². The van der Waals surface area contributed by atoms with Crippen LogP contribution in [0.3, 0.4) is 0 Å². The second-order valence-electron chi connectivity index (χ2n) is 8.04. The van der Waals surface area contributed by atoms with Crippen molar-refractivity contribution in [3.05, 3.63) is 91.0 Å². The summed E-state index contributed by atoms with van der Waals surface area (Å²) >= 11 is 0. The van der Waals surface area contributed by atoms with E-state index in [-0.39, 0.29) is 6.61 Å². The van der Waals surface area contributed by atoms with Gasteiger partial charge >= 0.3 is 0 Å². The first-order valence-electron chi connectivity index (χ1n) is 11.0. The summed E-state index contributed by atoms with van der Waals surface area (Å²) in [4.78, 5) is 0. The summed E-state index contributed by atoms with van der Waals surface area (Å²) in [6, 6.07) is 30.5. The zero-order chi connectivity index (χ0) is 22.3. The summed E-state index contributed by atoms with van der Waals surface area (Å²) in [5.41, 5.74) is 4.66. The number of hydrogen-bond donors (Lipinski definition) is 2. The van der Waals surface area contributed by atoms with Gasteiger partial charge in [0.2, 0.25) is 5.88 Å². The topological polar surface area (TPSA) is 59.3 Å². The van der Waals surface area contributed by atoms with E-state index in [9.17, 15) is 5.11 Å². The number of hydrogen-bond acceptors (Lipinski definition) is 4. The summed E-state index contributed by atoms with van der Waals surface area (Å²) in [5.74, 6) is 0.616. The molecule has 1 aromatic heterocycles. The number of benzene rings is 3. The second kappa shape index (κ2) is 10.3. The van der Waals surface area contributed by atoms with E-state index in [1.165, 1.54) is 0 Å². The maximum atomic E-state index is 10.5. The molecule has 0 aliphatic carbocycles. The Kier molecular flexibility index (Phi) is 7.00. The van der Waals surface area contributed by atoms with E-state index in [0.29, 0.717) is 18.5 Å². The standard InChI is InChI=1S/C27H29N3O2/c1-20(2)28-18-24(31)19-32-27-25(21-12-6-3-7-13-21)26(22-14-8-4-9-15-22)29-30(27)23-16-10-5-11-17-23/h3-17,20,24,28,31H,18-19H2,1-2H3. The summed E-state index contributed by atoms with van der Waals surface area (Å²) in [5, 5.41) is 18.7. The van der Waals surface area contributed by atoms with E-state index in [1.807, 2.05) is 71.4 Å². The van der Waals surface area contributed by atoms with E-state index >= 15 is 0 Å². The Balaban J connectivity index is 1.82. The molecule has 2 N–H and O–H groups in total. The smallest absolute Gasteiger partial charge is 0.225 e. The number of aliphatic hydroxyl groups is 1. The zero-order valence-electron chi connectivity index (χ0n) is 18.5. The molecule has 0 bridgehead atoms. The van der Waals surface area contributed by atoms with Crippen LogP contribution in [0.15, 0.2) is 91.0 Å². The molecule has 5 heteroatoms. The highest BCUT2D eigenvalue weighted by Gasteiger charge is 2.23. The lowest BCUT2D eigenvalue weighted by molar-refractivity contribution is 0.101. The van der Waals surface area contributed by atoms with Crippen LogP contribution in [0, 0.1) is 0 Å². The Hall–Kier alpha value is -3.41. The summed E-state index contributed by atoms with van der Waals surface area (Å²) in [6.07, 6.45) is -0.639. The molecule has 5 nitrogen and oxygen atoms in total. The number of nitrogens with one attached hydrogen (secondary N) is 1. The summed E-state index contributed by atoms with van der Waals surface area (Å²) < 4.78 is 8.11. The highest BCUT2D eigenvalue weighted by atomic mass is 16.5. The van der Waals surface area contributed by atoms with Crippen molar-refractivity contribution in [3.8, 4) is 34.0 Å². The Bertz CT molecular complexity index is 1110. The number of nitrogens with zero attached hydrogens (tertiary/aromatic N) is 2. The molecule has 0 saturated heterocycles. The van der Waals surface area contributed by atoms with Crippen LogP contribution in [0.4, 0.5) is 0 Å². The molecule has 1 atom stereocenters. The fraction of sp³-hybridized carbons (Fsp3) is 0.222. The normalized spacial score (nSPS) is 12.1. The monoisotopic (exact) mass is 427 g/mol. The summed E-state index contributed by atoms with van der Waals surface area (Å²) in [6.45, 7) is 4.73. The van der Waals surface area contributed by atoms with Crippen LogP contribution in [-0.4, -0.2) is 40.2 Å². The van der Waals surface area contributed by atoms with Crippen LogP contribution in [0.2, 0.25) is 0 Å². The SMILES string of the molecule is CC(C)NCC(O)COc1c(-c2ccccc2)c(-c2ccccc2)nn1-c1ccccc1. The third kappa shape index (κ3) is 5.07. The van der Waals surface area contributed by atoms with E-state index in [4.69, 9.17) is 9.84 Å². The molecule has 1 heterocycles. The van der Waals surface area contributed by atoms with Crippen molar-refractivity contribution in [2.75, 3.05) is 13.2 Å². The van der Waals surface area contributed by atoms with Gasteiger partial charge in [-0.05, 0) is 17.7 Å². The lowest BCUT2D eigenvalue weighted by Gasteiger charge is -2.17. The van der Waals surface area contributed by atoms with E-state index in [2.05, 4.69) is 43.4 Å². The van der Waals surface area contributed by atoms with E-state index < -0.39 is 6.10 Å². The van der Waals surface area contributed by atoms with Gasteiger partial charge in [0.15, 0.2) is 0 Å². The first-order chi connectivity index (χ1) is 15.6. The molecule has 0 aliphatic rings. The number of aliphatic hydroxyl groups excluding tert-OH is 1. The lowest BCUT2D eigenvalue weighted by Crippen LogP contribution is -2.35. The van der Waals surface area contributed by atoms with Gasteiger partial charge in [0, 0.05) is 18.2 Å². The predicted octanol–water partition coefficient (Wildman–Crippen LogP) is 4.94. The molecular formula is C27H29N3O2. The average Bonchev–Trinajstić information content (AvgIpc) is 3.22. The number of para-hydroxylation sites is 1. The molecule has 4 rings (SSSR count). The van der Waals surface area contributed by atoms with Crippen molar-refractivity contribution < 1.29 is 9.84 Å². The molecular weight excluding hydrogens is 398 g/mol. The molecule has 164 valence electrons. The highest BCUT2D eigenvalue weighted by Crippen LogP contribution is 2.40. The van der Waals surface area contributed by atoms with Crippen molar-refractivity contribution in [1.82, 2.24) is 15.1 Å². The van der Waals surface area contributed by atoms with Crippen molar-refractivity contribution >= 4 is 0 Å². The van der Waals surface area contributed by atoms with Gasteiger partial charge in [-0.25, -0.2) is 0 Å². The van der Waals surface area contributed by atoms with Crippen molar-refractivity contribution in [1.29, 1.82) is 0 Å². The molecule has 32 heavy (non-hydrogen) atoms. The maximum Gasteiger partial charge on any atom is 0.225 e. The highest BCUT2D eigenvalue weighted by molar-refractivity contribution is 5.85. The minimum atomic E-state index is -0.639. The Labute approximate surface area is 189 Å². The van der Waals surface area contributed by atoms with Crippen molar-refractivity contribution in [2.24, 2.45) is 0 Å². The average molecular weight is 428 g/mol. The molecule has 1 unspecified atom stereocenters. The van der Waals surface area contributed by atoms with E-state index in [1.54, 1.807) is 0 Å². The minimum absolute atomic E-state index is 0.159. The molecule has 4 aromatic rings. The fourth-order valence-electron chi connectivity index (χ4n) is 3.55. The maximum absolute atomic E-state index is 10.5. The number of rotatable bonds is 9. The van der Waals surface area contributed by atoms with E-state index in [0.717, 1.165) is 28.1 Å². The molecule has 0 fully saturated rings. The Morgan fingerprint density at radius 2 is 1.41 bits per heavy atom. The molecule has 0 aliphatic heterocycles. The fourth-order valence-corrected chi connectivity index (χ4v) is 3.55. The van der Waals surface area contributed by atoms with Crippen LogP contribution in [-0.2, 0) is 0 Å². The van der Waals surface area contributed by atoms with Crippen LogP contribution in [0.1, 0.15) is 13.8 Å². The third-order valence-electron chi connectivity index (χ3n) is 5.13. The first kappa shape index (κ1) is 21.8. The van der Waals surface area contributed by atoms with Gasteiger partial charge in [-0.2, -0.15) is 9.78 Å². The van der Waals surface area contributed by atoms with Crippen molar-refractivity contribution in [2.45, 2.75) is 26.0 Å². The number of ether oxygens (including phenoxy) is 1. The van der Waals surface area contributed by atoms with Gasteiger partial charge in [0.1, 0.15) is 18.4 Å². The van der Waals surface area contributed by atoms with Gasteiger partial charge in [-0.3, -0.25) is 0 Å². The predicted molar refractivity (Wildman–Crippen MR) is 129 cm³/mol. The van der Waals surface area contributed by atoms with Crippen molar-refractivity contribution in [3.63, 3.8) is 0 Å². The van der Waals surface area contributed by atoms with Crippen LogP contribution < -0.4 is 10.1 Å². The van der Waals surface area contributed by atoms with Crippen LogP contribution in [0.25, 0.3) is 28.1 Å². The summed E-state index contributed by atoms with van der Waals surface area (Å²) in [7, 11) is 0. The quantitative estimate of drug-likeness (QED) is 0.397. The molecule has 0 saturated carbocycles. The molecule has 0 amide bonds. The van der Waals surface area contributed by atoms with Gasteiger partial charge < -0.3 is 15.2 Å². The minimum Gasteiger partial charge on any atom is -0.474 e. The molecule has 3 aromatic carbocycles. The first-order valence-corrected chi connectivity index (χ1v) is 11.0. The largest absolute Gasteiger partial charge is 0.474 e. The van der Waals surface area contributed by atoms with Gasteiger partial charge in [0.05, 0.1) is 11.3 Å². The third-order valence-corrected chi connectivity index (χ3v) is 5.13. The van der Waals surface area contributed by atoms with Gasteiger partial charge in [-0.1, -0.05) is 92.7 Å². The lowest BCUT2D eigenvalue weighted by atomic mass is 10.0. The Morgan fingerprint density at radius 1 is 0.844 bits per heavy atom. The zero-order valence-corrected chi connectivity index (χ0v) is 18.5. The number of aromatic nitrogens is 2. The second-order valence-corrected chi connectivity index (χ2v) is 8.04. The Morgan fingerprint density at radius 3 is 2.00 bits per heavy atom. The molecule has 0 spiro atoms. The molecule has 0 radical (unpaired) electrons. The van der Waals surface area contributed by atoms with Gasteiger partial charge in [-0.15, -0.1) is 0 Å².